The SMILES string of the molecule is Cc1c(CS(=O)(=O)[C@@H](C)C(=O)Nc2ccc3c(c2)OCCCO3)cccc1[N+](=O)[O-]. The zero-order chi connectivity index (χ0) is 21.9. The number of benzene rings is 2. The third-order valence-electron chi connectivity index (χ3n) is 4.89. The van der Waals surface area contributed by atoms with Gasteiger partial charge in [0.25, 0.3) is 5.69 Å². The van der Waals surface area contributed by atoms with Crippen LogP contribution in [-0.2, 0) is 20.4 Å². The predicted octanol–water partition coefficient (Wildman–Crippen LogP) is 3.01. The summed E-state index contributed by atoms with van der Waals surface area (Å²) in [4.78, 5) is 23.1. The zero-order valence-corrected chi connectivity index (χ0v) is 17.4. The van der Waals surface area contributed by atoms with Gasteiger partial charge in [-0.1, -0.05) is 12.1 Å². The summed E-state index contributed by atoms with van der Waals surface area (Å²) in [6.07, 6.45) is 0.739. The fourth-order valence-corrected chi connectivity index (χ4v) is 4.40. The fourth-order valence-electron chi connectivity index (χ4n) is 3.01. The molecule has 1 amide bonds. The van der Waals surface area contributed by atoms with E-state index in [2.05, 4.69) is 5.32 Å². The highest BCUT2D eigenvalue weighted by molar-refractivity contribution is 7.92. The molecule has 1 heterocycles. The van der Waals surface area contributed by atoms with Crippen LogP contribution in [0, 0.1) is 17.0 Å². The predicted molar refractivity (Wildman–Crippen MR) is 111 cm³/mol. The minimum absolute atomic E-state index is 0.160. The Balaban J connectivity index is 1.75. The molecule has 1 atom stereocenters. The number of hydrogen-bond acceptors (Lipinski definition) is 7. The van der Waals surface area contributed by atoms with E-state index in [-0.39, 0.29) is 11.3 Å². The third-order valence-corrected chi connectivity index (χ3v) is 6.90. The average molecular weight is 434 g/mol. The van der Waals surface area contributed by atoms with Gasteiger partial charge in [-0.3, -0.25) is 14.9 Å². The molecule has 0 spiro atoms. The minimum Gasteiger partial charge on any atom is -0.490 e. The molecule has 0 bridgehead atoms. The maximum Gasteiger partial charge on any atom is 0.272 e. The number of ether oxygens (including phenoxy) is 2. The lowest BCUT2D eigenvalue weighted by atomic mass is 10.1. The summed E-state index contributed by atoms with van der Waals surface area (Å²) in [6, 6.07) is 9.10. The van der Waals surface area contributed by atoms with E-state index in [1.54, 1.807) is 18.2 Å². The van der Waals surface area contributed by atoms with Crippen LogP contribution in [0.25, 0.3) is 0 Å². The van der Waals surface area contributed by atoms with Crippen LogP contribution < -0.4 is 14.8 Å². The third kappa shape index (κ3) is 4.70. The first-order valence-corrected chi connectivity index (χ1v) is 11.1. The van der Waals surface area contributed by atoms with Gasteiger partial charge in [-0.2, -0.15) is 0 Å². The summed E-state index contributed by atoms with van der Waals surface area (Å²) in [5.41, 5.74) is 0.783. The molecule has 1 N–H and O–H groups in total. The Kier molecular flexibility index (Phi) is 6.25. The first-order chi connectivity index (χ1) is 14.2. The zero-order valence-electron chi connectivity index (χ0n) is 16.6. The molecule has 3 rings (SSSR count). The molecule has 10 heteroatoms. The highest BCUT2D eigenvalue weighted by Crippen LogP contribution is 2.32. The smallest absolute Gasteiger partial charge is 0.272 e. The van der Waals surface area contributed by atoms with E-state index in [0.29, 0.717) is 36.0 Å². The minimum atomic E-state index is -3.91. The number of fused-ring (bicyclic) bond motifs is 1. The fraction of sp³-hybridized carbons (Fsp3) is 0.350. The van der Waals surface area contributed by atoms with E-state index in [0.717, 1.165) is 6.42 Å². The van der Waals surface area contributed by atoms with Crippen LogP contribution >= 0.6 is 0 Å². The van der Waals surface area contributed by atoms with Crippen molar-refractivity contribution in [3.8, 4) is 11.5 Å². The Hall–Kier alpha value is -3.14. The lowest BCUT2D eigenvalue weighted by Gasteiger charge is -2.15. The maximum absolute atomic E-state index is 12.8. The highest BCUT2D eigenvalue weighted by atomic mass is 32.2. The van der Waals surface area contributed by atoms with Gasteiger partial charge in [0.1, 0.15) is 5.25 Å². The number of nitrogens with one attached hydrogen (secondary N) is 1. The second-order valence-corrected chi connectivity index (χ2v) is 9.29. The molecule has 0 aliphatic carbocycles. The first kappa shape index (κ1) is 21.6. The summed E-state index contributed by atoms with van der Waals surface area (Å²) in [5.74, 6) is -0.135. The van der Waals surface area contributed by atoms with Crippen molar-refractivity contribution in [1.29, 1.82) is 0 Å². The van der Waals surface area contributed by atoms with Crippen molar-refractivity contribution < 1.29 is 27.6 Å². The van der Waals surface area contributed by atoms with E-state index >= 15 is 0 Å². The molecular weight excluding hydrogens is 412 g/mol. The summed E-state index contributed by atoms with van der Waals surface area (Å²) in [6.45, 7) is 3.80. The van der Waals surface area contributed by atoms with Crippen molar-refractivity contribution in [2.75, 3.05) is 18.5 Å². The van der Waals surface area contributed by atoms with E-state index in [4.69, 9.17) is 9.47 Å². The summed E-state index contributed by atoms with van der Waals surface area (Å²) < 4.78 is 36.6. The largest absolute Gasteiger partial charge is 0.490 e. The molecule has 0 aromatic heterocycles. The number of carbonyl (C=O) groups is 1. The van der Waals surface area contributed by atoms with Crippen molar-refractivity contribution in [1.82, 2.24) is 0 Å². The molecule has 1 aliphatic rings. The van der Waals surface area contributed by atoms with Gasteiger partial charge >= 0.3 is 0 Å². The topological polar surface area (TPSA) is 125 Å². The van der Waals surface area contributed by atoms with Crippen molar-refractivity contribution in [3.63, 3.8) is 0 Å². The van der Waals surface area contributed by atoms with Gasteiger partial charge in [0.15, 0.2) is 21.3 Å². The summed E-state index contributed by atoms with van der Waals surface area (Å²) >= 11 is 0. The van der Waals surface area contributed by atoms with Crippen LogP contribution in [0.15, 0.2) is 36.4 Å². The second-order valence-electron chi connectivity index (χ2n) is 6.97. The molecule has 30 heavy (non-hydrogen) atoms. The lowest BCUT2D eigenvalue weighted by Crippen LogP contribution is -2.33. The number of anilines is 1. The Morgan fingerprint density at radius 3 is 2.60 bits per heavy atom. The van der Waals surface area contributed by atoms with E-state index < -0.39 is 31.7 Å². The van der Waals surface area contributed by atoms with Crippen molar-refractivity contribution in [2.45, 2.75) is 31.3 Å². The molecule has 1 aliphatic heterocycles. The molecule has 0 saturated heterocycles. The van der Waals surface area contributed by atoms with Gasteiger partial charge in [-0.25, -0.2) is 8.42 Å². The van der Waals surface area contributed by atoms with Gasteiger partial charge in [-0.05, 0) is 31.5 Å². The van der Waals surface area contributed by atoms with Crippen LogP contribution in [0.5, 0.6) is 11.5 Å². The van der Waals surface area contributed by atoms with E-state index in [1.807, 2.05) is 0 Å². The van der Waals surface area contributed by atoms with Crippen LogP contribution in [0.3, 0.4) is 0 Å². The number of carbonyl (C=O) groups excluding carboxylic acids is 1. The maximum atomic E-state index is 12.8. The standard InChI is InChI=1S/C20H22N2O7S/c1-13-15(5-3-6-17(13)22(24)25)12-30(26,27)14(2)20(23)21-16-7-8-18-19(11-16)29-10-4-9-28-18/h3,5-8,11,14H,4,9-10,12H2,1-2H3,(H,21,23)/t14-/m0/s1. The first-order valence-electron chi connectivity index (χ1n) is 9.34. The Labute approximate surface area is 174 Å². The molecular formula is C20H22N2O7S. The van der Waals surface area contributed by atoms with Crippen molar-refractivity contribution in [2.24, 2.45) is 0 Å². The average Bonchev–Trinajstić information content (AvgIpc) is 2.93. The lowest BCUT2D eigenvalue weighted by molar-refractivity contribution is -0.385. The van der Waals surface area contributed by atoms with E-state index in [1.165, 1.54) is 32.0 Å². The van der Waals surface area contributed by atoms with Crippen molar-refractivity contribution >= 4 is 27.1 Å². The monoisotopic (exact) mass is 434 g/mol. The van der Waals surface area contributed by atoms with Gasteiger partial charge in [0.2, 0.25) is 5.91 Å². The molecule has 0 radical (unpaired) electrons. The van der Waals surface area contributed by atoms with Gasteiger partial charge < -0.3 is 14.8 Å². The van der Waals surface area contributed by atoms with Gasteiger partial charge in [0, 0.05) is 29.8 Å². The quantitative estimate of drug-likeness (QED) is 0.547. The molecule has 160 valence electrons. The number of nitro groups is 1. The number of hydrogen-bond donors (Lipinski definition) is 1. The Morgan fingerprint density at radius 2 is 1.90 bits per heavy atom. The number of amides is 1. The molecule has 0 saturated carbocycles. The van der Waals surface area contributed by atoms with E-state index in [9.17, 15) is 23.3 Å². The molecule has 9 nitrogen and oxygen atoms in total. The Bertz CT molecular complexity index is 1080. The number of nitrogens with zero attached hydrogens (tertiary/aromatic N) is 1. The van der Waals surface area contributed by atoms with Crippen LogP contribution in [0.1, 0.15) is 24.5 Å². The number of nitro benzene ring substituents is 1. The normalized spacial score (nSPS) is 14.5. The van der Waals surface area contributed by atoms with Crippen LogP contribution in [0.4, 0.5) is 11.4 Å². The van der Waals surface area contributed by atoms with Crippen molar-refractivity contribution in [3.05, 3.63) is 57.6 Å². The van der Waals surface area contributed by atoms with Gasteiger partial charge in [-0.15, -0.1) is 0 Å². The van der Waals surface area contributed by atoms with Crippen LogP contribution in [-0.4, -0.2) is 37.7 Å². The highest BCUT2D eigenvalue weighted by Gasteiger charge is 2.30. The van der Waals surface area contributed by atoms with Crippen LogP contribution in [0.2, 0.25) is 0 Å². The summed E-state index contributed by atoms with van der Waals surface area (Å²) in [7, 11) is -3.91. The molecule has 2 aromatic rings. The second kappa shape index (κ2) is 8.70. The molecule has 0 unspecified atom stereocenters. The summed E-state index contributed by atoms with van der Waals surface area (Å²) in [5, 5.41) is 12.3. The number of sulfone groups is 1. The Morgan fingerprint density at radius 1 is 1.20 bits per heavy atom. The van der Waals surface area contributed by atoms with Gasteiger partial charge in [0.05, 0.1) is 23.9 Å². The number of rotatable bonds is 6. The molecule has 2 aromatic carbocycles. The molecule has 0 fully saturated rings.